The van der Waals surface area contributed by atoms with Crippen molar-refractivity contribution < 1.29 is 19.7 Å². The van der Waals surface area contributed by atoms with Gasteiger partial charge in [0.1, 0.15) is 35.7 Å². The number of ether oxygens (including phenoxy) is 2. The zero-order chi connectivity index (χ0) is 25.2. The van der Waals surface area contributed by atoms with Gasteiger partial charge in [0.2, 0.25) is 0 Å². The molecule has 1 unspecified atom stereocenters. The van der Waals surface area contributed by atoms with Crippen LogP contribution in [0.4, 0.5) is 0 Å². The second-order valence-corrected chi connectivity index (χ2v) is 10.2. The quantitative estimate of drug-likeness (QED) is 0.409. The molecule has 0 radical (unpaired) electrons. The number of fused-ring (bicyclic) bond motifs is 1. The second kappa shape index (κ2) is 10.3. The molecule has 2 N–H and O–H groups in total. The van der Waals surface area contributed by atoms with E-state index in [0.717, 1.165) is 58.3 Å². The number of rotatable bonds is 6. The Morgan fingerprint density at radius 1 is 1.03 bits per heavy atom. The van der Waals surface area contributed by atoms with Crippen LogP contribution in [0.25, 0.3) is 11.1 Å². The van der Waals surface area contributed by atoms with Crippen LogP contribution in [-0.4, -0.2) is 40.9 Å². The SMILES string of the molecule is CC1=C(c2cccc(O)c2)C(c2ccc(OC[C@H](C)N3CCC[C@@H](C)C3)cc2)Oc2ccc(O)cc21. The monoisotopic (exact) mass is 485 g/mol. The number of phenolic OH excluding ortho intramolecular Hbond substituents is 2. The Morgan fingerprint density at radius 3 is 2.56 bits per heavy atom. The summed E-state index contributed by atoms with van der Waals surface area (Å²) in [6.07, 6.45) is 2.23. The summed E-state index contributed by atoms with van der Waals surface area (Å²) >= 11 is 0. The minimum absolute atomic E-state index is 0.195. The molecule has 0 spiro atoms. The summed E-state index contributed by atoms with van der Waals surface area (Å²) in [5.74, 6) is 2.72. The molecule has 36 heavy (non-hydrogen) atoms. The van der Waals surface area contributed by atoms with E-state index in [9.17, 15) is 10.2 Å². The molecule has 3 atom stereocenters. The van der Waals surface area contributed by atoms with Crippen LogP contribution in [0.5, 0.6) is 23.0 Å². The minimum atomic E-state index is -0.355. The number of phenols is 2. The van der Waals surface area contributed by atoms with Gasteiger partial charge in [0.15, 0.2) is 0 Å². The van der Waals surface area contributed by atoms with Gasteiger partial charge in [0, 0.05) is 23.7 Å². The summed E-state index contributed by atoms with van der Waals surface area (Å²) in [6.45, 7) is 9.56. The lowest BCUT2D eigenvalue weighted by molar-refractivity contribution is 0.102. The van der Waals surface area contributed by atoms with E-state index in [1.807, 2.05) is 31.2 Å². The fraction of sp³-hybridized carbons (Fsp3) is 0.355. The molecule has 1 saturated heterocycles. The molecule has 3 aromatic rings. The van der Waals surface area contributed by atoms with E-state index in [1.54, 1.807) is 30.3 Å². The van der Waals surface area contributed by atoms with E-state index < -0.39 is 0 Å². The highest BCUT2D eigenvalue weighted by atomic mass is 16.5. The summed E-state index contributed by atoms with van der Waals surface area (Å²) in [7, 11) is 0. The molecule has 188 valence electrons. The Hall–Kier alpha value is -3.44. The smallest absolute Gasteiger partial charge is 0.150 e. The topological polar surface area (TPSA) is 62.2 Å². The van der Waals surface area contributed by atoms with Gasteiger partial charge >= 0.3 is 0 Å². The highest BCUT2D eigenvalue weighted by Gasteiger charge is 2.30. The molecule has 2 aliphatic heterocycles. The van der Waals surface area contributed by atoms with Gasteiger partial charge in [-0.05, 0) is 98.3 Å². The molecule has 3 aromatic carbocycles. The van der Waals surface area contributed by atoms with Crippen molar-refractivity contribution in [3.63, 3.8) is 0 Å². The molecule has 2 aliphatic rings. The Morgan fingerprint density at radius 2 is 1.81 bits per heavy atom. The molecule has 0 saturated carbocycles. The number of hydrogen-bond acceptors (Lipinski definition) is 5. The van der Waals surface area contributed by atoms with Gasteiger partial charge in [-0.15, -0.1) is 0 Å². The molecule has 1 fully saturated rings. The van der Waals surface area contributed by atoms with Crippen molar-refractivity contribution in [1.29, 1.82) is 0 Å². The van der Waals surface area contributed by atoms with Gasteiger partial charge in [0.25, 0.3) is 0 Å². The number of likely N-dealkylation sites (tertiary alicyclic amines) is 1. The van der Waals surface area contributed by atoms with Crippen molar-refractivity contribution in [3.05, 3.63) is 83.4 Å². The first-order chi connectivity index (χ1) is 17.4. The van der Waals surface area contributed by atoms with Crippen LogP contribution >= 0.6 is 0 Å². The molecule has 5 heteroatoms. The third-order valence-electron chi connectivity index (χ3n) is 7.42. The molecular weight excluding hydrogens is 450 g/mol. The van der Waals surface area contributed by atoms with Crippen molar-refractivity contribution in [2.24, 2.45) is 5.92 Å². The first-order valence-corrected chi connectivity index (χ1v) is 12.9. The largest absolute Gasteiger partial charge is 0.508 e. The van der Waals surface area contributed by atoms with Gasteiger partial charge in [-0.1, -0.05) is 31.2 Å². The van der Waals surface area contributed by atoms with E-state index in [1.165, 1.54) is 12.8 Å². The highest BCUT2D eigenvalue weighted by Crippen LogP contribution is 2.47. The zero-order valence-electron chi connectivity index (χ0n) is 21.3. The summed E-state index contributed by atoms with van der Waals surface area (Å²) in [6, 6.07) is 20.9. The van der Waals surface area contributed by atoms with Crippen LogP contribution in [0.3, 0.4) is 0 Å². The van der Waals surface area contributed by atoms with E-state index >= 15 is 0 Å². The Labute approximate surface area is 213 Å². The third kappa shape index (κ3) is 5.07. The lowest BCUT2D eigenvalue weighted by atomic mass is 9.86. The highest BCUT2D eigenvalue weighted by molar-refractivity contribution is 5.95. The minimum Gasteiger partial charge on any atom is -0.508 e. The third-order valence-corrected chi connectivity index (χ3v) is 7.42. The fourth-order valence-corrected chi connectivity index (χ4v) is 5.40. The van der Waals surface area contributed by atoms with Crippen LogP contribution in [0.15, 0.2) is 66.7 Å². The summed E-state index contributed by atoms with van der Waals surface area (Å²) in [5, 5.41) is 20.2. The van der Waals surface area contributed by atoms with Gasteiger partial charge in [-0.3, -0.25) is 4.90 Å². The summed E-state index contributed by atoms with van der Waals surface area (Å²) in [5.41, 5.74) is 4.71. The number of benzene rings is 3. The first kappa shape index (κ1) is 24.3. The van der Waals surface area contributed by atoms with Crippen molar-refractivity contribution in [2.45, 2.75) is 45.8 Å². The lowest BCUT2D eigenvalue weighted by Crippen LogP contribution is -2.43. The maximum absolute atomic E-state index is 10.2. The van der Waals surface area contributed by atoms with Crippen LogP contribution in [0, 0.1) is 5.92 Å². The zero-order valence-corrected chi connectivity index (χ0v) is 21.3. The first-order valence-electron chi connectivity index (χ1n) is 12.9. The average Bonchev–Trinajstić information content (AvgIpc) is 2.88. The van der Waals surface area contributed by atoms with Crippen molar-refractivity contribution >= 4 is 11.1 Å². The maximum Gasteiger partial charge on any atom is 0.150 e. The summed E-state index contributed by atoms with van der Waals surface area (Å²) < 4.78 is 12.6. The standard InChI is InChI=1S/C31H35NO4/c1-20-6-5-15-32(18-20)21(2)19-35-27-12-9-23(10-13-27)31-30(24-7-4-8-25(33)16-24)22(3)28-17-26(34)11-14-29(28)36-31/h4,7-14,16-17,20-21,31,33-34H,5-6,15,18-19H2,1-3H3/t20-,21+,31?/m1/s1. The van der Waals surface area contributed by atoms with E-state index in [4.69, 9.17) is 9.47 Å². The Kier molecular flexibility index (Phi) is 6.92. The average molecular weight is 486 g/mol. The van der Waals surface area contributed by atoms with Gasteiger partial charge in [0.05, 0.1) is 0 Å². The summed E-state index contributed by atoms with van der Waals surface area (Å²) in [4.78, 5) is 2.53. The van der Waals surface area contributed by atoms with Crippen molar-refractivity contribution in [2.75, 3.05) is 19.7 Å². The molecule has 0 aliphatic carbocycles. The normalized spacial score (nSPS) is 21.0. The predicted octanol–water partition coefficient (Wildman–Crippen LogP) is 6.66. The molecule has 0 bridgehead atoms. The predicted molar refractivity (Wildman–Crippen MR) is 143 cm³/mol. The van der Waals surface area contributed by atoms with E-state index in [-0.39, 0.29) is 17.6 Å². The van der Waals surface area contributed by atoms with Crippen molar-refractivity contribution in [3.8, 4) is 23.0 Å². The molecule has 0 aromatic heterocycles. The Bertz CT molecular complexity index is 1250. The van der Waals surface area contributed by atoms with E-state index in [0.29, 0.717) is 12.6 Å². The lowest BCUT2D eigenvalue weighted by Gasteiger charge is -2.35. The molecule has 2 heterocycles. The molecule has 0 amide bonds. The maximum atomic E-state index is 10.2. The molecule has 5 rings (SSSR count). The Balaban J connectivity index is 1.39. The van der Waals surface area contributed by atoms with Gasteiger partial charge in [-0.2, -0.15) is 0 Å². The van der Waals surface area contributed by atoms with Crippen LogP contribution in [-0.2, 0) is 0 Å². The number of allylic oxidation sites excluding steroid dienone is 1. The number of nitrogens with zero attached hydrogens (tertiary/aromatic N) is 1. The van der Waals surface area contributed by atoms with Crippen LogP contribution < -0.4 is 9.47 Å². The molecular formula is C31H35NO4. The number of aromatic hydroxyl groups is 2. The van der Waals surface area contributed by atoms with E-state index in [2.05, 4.69) is 30.9 Å². The molecule has 5 nitrogen and oxygen atoms in total. The number of piperidine rings is 1. The van der Waals surface area contributed by atoms with Gasteiger partial charge < -0.3 is 19.7 Å². The fourth-order valence-electron chi connectivity index (χ4n) is 5.40. The van der Waals surface area contributed by atoms with Crippen LogP contribution in [0.2, 0.25) is 0 Å². The van der Waals surface area contributed by atoms with Crippen molar-refractivity contribution in [1.82, 2.24) is 4.90 Å². The van der Waals surface area contributed by atoms with Crippen LogP contribution in [0.1, 0.15) is 56.4 Å². The van der Waals surface area contributed by atoms with Gasteiger partial charge in [-0.25, -0.2) is 0 Å². The number of hydrogen-bond donors (Lipinski definition) is 2. The second-order valence-electron chi connectivity index (χ2n) is 10.2.